The lowest BCUT2D eigenvalue weighted by Crippen LogP contribution is -2.13. The van der Waals surface area contributed by atoms with Crippen LogP contribution in [0, 0.1) is 0 Å². The standard InChI is InChI=1S/C24H17N3/c1-2-10-20(11-3-1)27(23-21-12-6-4-8-18(21)14-16-25-23)24-22-13-7-5-9-19(22)15-17-26-24/h1-17H. The van der Waals surface area contributed by atoms with E-state index in [0.29, 0.717) is 0 Å². The Morgan fingerprint density at radius 1 is 0.481 bits per heavy atom. The molecule has 0 N–H and O–H groups in total. The van der Waals surface area contributed by atoms with Crippen molar-refractivity contribution in [1.29, 1.82) is 0 Å². The summed E-state index contributed by atoms with van der Waals surface area (Å²) in [6.45, 7) is 0. The Labute approximate surface area is 157 Å². The molecule has 3 aromatic carbocycles. The van der Waals surface area contributed by atoms with Crippen molar-refractivity contribution in [3.8, 4) is 0 Å². The average molecular weight is 347 g/mol. The molecule has 3 heteroatoms. The number of aromatic nitrogens is 2. The Balaban J connectivity index is 1.85. The number of nitrogens with zero attached hydrogens (tertiary/aromatic N) is 3. The first-order valence-electron chi connectivity index (χ1n) is 8.94. The van der Waals surface area contributed by atoms with Crippen molar-refractivity contribution in [3.63, 3.8) is 0 Å². The van der Waals surface area contributed by atoms with Gasteiger partial charge in [0.1, 0.15) is 11.6 Å². The molecule has 0 aliphatic rings. The molecule has 5 aromatic rings. The molecule has 0 saturated heterocycles. The van der Waals surface area contributed by atoms with Crippen LogP contribution in [-0.2, 0) is 0 Å². The summed E-state index contributed by atoms with van der Waals surface area (Å²) in [6.07, 6.45) is 3.72. The summed E-state index contributed by atoms with van der Waals surface area (Å²) in [7, 11) is 0. The van der Waals surface area contributed by atoms with Gasteiger partial charge in [-0.3, -0.25) is 4.90 Å². The summed E-state index contributed by atoms with van der Waals surface area (Å²) >= 11 is 0. The Morgan fingerprint density at radius 2 is 0.963 bits per heavy atom. The van der Waals surface area contributed by atoms with E-state index in [1.165, 1.54) is 0 Å². The fourth-order valence-corrected chi connectivity index (χ4v) is 3.49. The van der Waals surface area contributed by atoms with Gasteiger partial charge in [-0.2, -0.15) is 0 Å². The number of rotatable bonds is 3. The minimum Gasteiger partial charge on any atom is -0.278 e. The Hall–Kier alpha value is -3.72. The summed E-state index contributed by atoms with van der Waals surface area (Å²) in [5.74, 6) is 1.76. The molecule has 2 heterocycles. The highest BCUT2D eigenvalue weighted by Crippen LogP contribution is 2.38. The van der Waals surface area contributed by atoms with Gasteiger partial charge in [-0.25, -0.2) is 9.97 Å². The molecule has 0 atom stereocenters. The van der Waals surface area contributed by atoms with Gasteiger partial charge in [0.05, 0.1) is 0 Å². The van der Waals surface area contributed by atoms with E-state index < -0.39 is 0 Å². The molecular formula is C24H17N3. The molecule has 5 rings (SSSR count). The number of fused-ring (bicyclic) bond motifs is 2. The molecule has 0 unspecified atom stereocenters. The van der Waals surface area contributed by atoms with Gasteiger partial charge < -0.3 is 0 Å². The molecule has 0 radical (unpaired) electrons. The first-order valence-corrected chi connectivity index (χ1v) is 8.94. The third-order valence-electron chi connectivity index (χ3n) is 4.74. The Bertz CT molecular complexity index is 1140. The predicted octanol–water partition coefficient (Wildman–Crippen LogP) is 6.25. The third-order valence-corrected chi connectivity index (χ3v) is 4.74. The van der Waals surface area contributed by atoms with Crippen LogP contribution in [-0.4, -0.2) is 9.97 Å². The molecule has 128 valence electrons. The van der Waals surface area contributed by atoms with Crippen LogP contribution in [0.2, 0.25) is 0 Å². The molecule has 0 aliphatic heterocycles. The summed E-state index contributed by atoms with van der Waals surface area (Å²) in [4.78, 5) is 11.6. The molecule has 2 aromatic heterocycles. The molecule has 0 fully saturated rings. The van der Waals surface area contributed by atoms with Crippen molar-refractivity contribution in [1.82, 2.24) is 9.97 Å². The van der Waals surface area contributed by atoms with Crippen LogP contribution in [0.5, 0.6) is 0 Å². The molecule has 0 bridgehead atoms. The van der Waals surface area contributed by atoms with E-state index in [2.05, 4.69) is 53.4 Å². The summed E-state index contributed by atoms with van der Waals surface area (Å²) in [5, 5.41) is 4.50. The van der Waals surface area contributed by atoms with Gasteiger partial charge in [0, 0.05) is 28.9 Å². The van der Waals surface area contributed by atoms with Crippen LogP contribution in [0.1, 0.15) is 0 Å². The Kier molecular flexibility index (Phi) is 3.76. The zero-order valence-corrected chi connectivity index (χ0v) is 14.7. The molecular weight excluding hydrogens is 330 g/mol. The second kappa shape index (κ2) is 6.54. The fraction of sp³-hybridized carbons (Fsp3) is 0. The van der Waals surface area contributed by atoms with Crippen LogP contribution < -0.4 is 4.90 Å². The van der Waals surface area contributed by atoms with E-state index in [0.717, 1.165) is 38.9 Å². The first-order chi connectivity index (χ1) is 13.4. The smallest absolute Gasteiger partial charge is 0.146 e. The number of benzene rings is 3. The maximum atomic E-state index is 4.75. The molecule has 27 heavy (non-hydrogen) atoms. The highest BCUT2D eigenvalue weighted by molar-refractivity contribution is 6.01. The first kappa shape index (κ1) is 15.5. The quantitative estimate of drug-likeness (QED) is 0.386. The normalized spacial score (nSPS) is 11.0. The fourth-order valence-electron chi connectivity index (χ4n) is 3.49. The van der Waals surface area contributed by atoms with Crippen molar-refractivity contribution >= 4 is 38.9 Å². The van der Waals surface area contributed by atoms with E-state index in [9.17, 15) is 0 Å². The van der Waals surface area contributed by atoms with E-state index in [1.54, 1.807) is 0 Å². The molecule has 0 spiro atoms. The average Bonchev–Trinajstić information content (AvgIpc) is 2.75. The van der Waals surface area contributed by atoms with Crippen LogP contribution >= 0.6 is 0 Å². The number of anilines is 3. The summed E-state index contributed by atoms with van der Waals surface area (Å²) in [6, 6.07) is 31.0. The van der Waals surface area contributed by atoms with Gasteiger partial charge >= 0.3 is 0 Å². The highest BCUT2D eigenvalue weighted by Gasteiger charge is 2.19. The van der Waals surface area contributed by atoms with E-state index in [-0.39, 0.29) is 0 Å². The van der Waals surface area contributed by atoms with Crippen LogP contribution in [0.3, 0.4) is 0 Å². The molecule has 0 aliphatic carbocycles. The number of hydrogen-bond donors (Lipinski definition) is 0. The van der Waals surface area contributed by atoms with Gasteiger partial charge in [0.15, 0.2) is 0 Å². The largest absolute Gasteiger partial charge is 0.278 e. The topological polar surface area (TPSA) is 29.0 Å². The number of pyridine rings is 2. The van der Waals surface area contributed by atoms with Crippen molar-refractivity contribution in [3.05, 3.63) is 103 Å². The highest BCUT2D eigenvalue weighted by atomic mass is 15.2. The SMILES string of the molecule is c1ccc(N(c2nccc3ccccc23)c2nccc3ccccc23)cc1. The number of hydrogen-bond acceptors (Lipinski definition) is 3. The molecule has 0 amide bonds. The molecule has 0 saturated carbocycles. The maximum absolute atomic E-state index is 4.75. The zero-order valence-electron chi connectivity index (χ0n) is 14.7. The van der Waals surface area contributed by atoms with Crippen molar-refractivity contribution in [2.24, 2.45) is 0 Å². The lowest BCUT2D eigenvalue weighted by molar-refractivity contribution is 1.15. The van der Waals surface area contributed by atoms with Crippen molar-refractivity contribution in [2.45, 2.75) is 0 Å². The van der Waals surface area contributed by atoms with E-state index in [4.69, 9.17) is 9.97 Å². The predicted molar refractivity (Wildman–Crippen MR) is 112 cm³/mol. The van der Waals surface area contributed by atoms with Crippen molar-refractivity contribution in [2.75, 3.05) is 4.90 Å². The lowest BCUT2D eigenvalue weighted by atomic mass is 10.1. The van der Waals surface area contributed by atoms with Gasteiger partial charge in [-0.05, 0) is 35.0 Å². The van der Waals surface area contributed by atoms with Gasteiger partial charge in [0.2, 0.25) is 0 Å². The summed E-state index contributed by atoms with van der Waals surface area (Å²) in [5.41, 5.74) is 1.03. The second-order valence-electron chi connectivity index (χ2n) is 6.38. The van der Waals surface area contributed by atoms with Gasteiger partial charge in [-0.15, -0.1) is 0 Å². The summed E-state index contributed by atoms with van der Waals surface area (Å²) < 4.78 is 0. The van der Waals surface area contributed by atoms with Gasteiger partial charge in [-0.1, -0.05) is 66.7 Å². The zero-order chi connectivity index (χ0) is 18.1. The monoisotopic (exact) mass is 347 g/mol. The van der Waals surface area contributed by atoms with Crippen molar-refractivity contribution < 1.29 is 0 Å². The maximum Gasteiger partial charge on any atom is 0.146 e. The minimum absolute atomic E-state index is 0.878. The Morgan fingerprint density at radius 3 is 1.52 bits per heavy atom. The van der Waals surface area contributed by atoms with Gasteiger partial charge in [0.25, 0.3) is 0 Å². The van der Waals surface area contributed by atoms with Crippen LogP contribution in [0.15, 0.2) is 103 Å². The van der Waals surface area contributed by atoms with Crippen LogP contribution in [0.25, 0.3) is 21.5 Å². The lowest BCUT2D eigenvalue weighted by Gasteiger charge is -2.25. The van der Waals surface area contributed by atoms with E-state index in [1.807, 2.05) is 54.9 Å². The second-order valence-corrected chi connectivity index (χ2v) is 6.38. The minimum atomic E-state index is 0.878. The third kappa shape index (κ3) is 2.70. The number of para-hydroxylation sites is 1. The van der Waals surface area contributed by atoms with E-state index >= 15 is 0 Å². The molecule has 3 nitrogen and oxygen atoms in total. The van der Waals surface area contributed by atoms with Crippen LogP contribution in [0.4, 0.5) is 17.3 Å².